The number of ketones is 1. The molecule has 0 spiro atoms. The van der Waals surface area contributed by atoms with Gasteiger partial charge in [0.25, 0.3) is 0 Å². The number of methoxy groups -OCH3 is 1. The Hall–Kier alpha value is -3.25. The molecule has 0 saturated heterocycles. The molecule has 0 aliphatic carbocycles. The van der Waals surface area contributed by atoms with Gasteiger partial charge in [-0.3, -0.25) is 9.78 Å². The molecule has 0 aliphatic rings. The number of hydrogen-bond donors (Lipinski definition) is 1. The largest absolute Gasteiger partial charge is 0.497 e. The normalized spacial score (nSPS) is 10.8. The Morgan fingerprint density at radius 2 is 1.88 bits per heavy atom. The SMILES string of the molecule is COc1ccc(-c2ccc3c(N)c(C(=O)c4ccccn4)sc3n2)cc1. The van der Waals surface area contributed by atoms with E-state index in [1.807, 2.05) is 36.4 Å². The van der Waals surface area contributed by atoms with E-state index in [0.717, 1.165) is 27.2 Å². The summed E-state index contributed by atoms with van der Waals surface area (Å²) in [6.45, 7) is 0. The van der Waals surface area contributed by atoms with Crippen molar-refractivity contribution < 1.29 is 9.53 Å². The molecule has 0 fully saturated rings. The summed E-state index contributed by atoms with van der Waals surface area (Å²) in [6, 6.07) is 16.7. The lowest BCUT2D eigenvalue weighted by molar-refractivity contribution is 0.103. The third-order valence-electron chi connectivity index (χ3n) is 4.08. The summed E-state index contributed by atoms with van der Waals surface area (Å²) in [4.78, 5) is 22.7. The van der Waals surface area contributed by atoms with Crippen molar-refractivity contribution >= 4 is 33.0 Å². The van der Waals surface area contributed by atoms with Gasteiger partial charge in [0.05, 0.1) is 18.5 Å². The van der Waals surface area contributed by atoms with Crippen molar-refractivity contribution in [1.29, 1.82) is 0 Å². The Labute approximate surface area is 154 Å². The van der Waals surface area contributed by atoms with Gasteiger partial charge in [0.2, 0.25) is 5.78 Å². The van der Waals surface area contributed by atoms with Crippen LogP contribution in [0.2, 0.25) is 0 Å². The van der Waals surface area contributed by atoms with Crippen LogP contribution in [0.1, 0.15) is 15.4 Å². The van der Waals surface area contributed by atoms with Crippen LogP contribution in [0, 0.1) is 0 Å². The van der Waals surface area contributed by atoms with E-state index in [1.165, 1.54) is 11.3 Å². The summed E-state index contributed by atoms with van der Waals surface area (Å²) >= 11 is 1.29. The molecule has 0 saturated carbocycles. The van der Waals surface area contributed by atoms with Crippen molar-refractivity contribution in [2.24, 2.45) is 0 Å². The first-order valence-corrected chi connectivity index (χ1v) is 8.78. The van der Waals surface area contributed by atoms with Crippen molar-refractivity contribution in [1.82, 2.24) is 9.97 Å². The molecular formula is C20H15N3O2S. The standard InChI is InChI=1S/C20H15N3O2S/c1-25-13-7-5-12(6-8-13)15-10-9-14-17(21)19(26-20(14)23-15)18(24)16-4-2-3-11-22-16/h2-11H,21H2,1H3. The van der Waals surface area contributed by atoms with Gasteiger partial charge in [-0.25, -0.2) is 4.98 Å². The third-order valence-corrected chi connectivity index (χ3v) is 5.20. The Kier molecular flexibility index (Phi) is 4.10. The van der Waals surface area contributed by atoms with Crippen LogP contribution < -0.4 is 10.5 Å². The van der Waals surface area contributed by atoms with E-state index in [4.69, 9.17) is 10.5 Å². The van der Waals surface area contributed by atoms with Crippen LogP contribution in [-0.2, 0) is 0 Å². The summed E-state index contributed by atoms with van der Waals surface area (Å²) < 4.78 is 5.18. The molecule has 128 valence electrons. The number of benzene rings is 1. The van der Waals surface area contributed by atoms with Crippen molar-refractivity contribution in [2.75, 3.05) is 12.8 Å². The first kappa shape index (κ1) is 16.2. The van der Waals surface area contributed by atoms with E-state index in [9.17, 15) is 4.79 Å². The maximum Gasteiger partial charge on any atom is 0.223 e. The number of carbonyl (C=O) groups excluding carboxylic acids is 1. The predicted molar refractivity (Wildman–Crippen MR) is 104 cm³/mol. The quantitative estimate of drug-likeness (QED) is 0.552. The number of pyridine rings is 2. The molecule has 3 aromatic heterocycles. The van der Waals surface area contributed by atoms with Gasteiger partial charge < -0.3 is 10.5 Å². The second-order valence-electron chi connectivity index (χ2n) is 5.67. The molecule has 26 heavy (non-hydrogen) atoms. The predicted octanol–water partition coefficient (Wildman–Crippen LogP) is 4.18. The highest BCUT2D eigenvalue weighted by atomic mass is 32.1. The van der Waals surface area contributed by atoms with Gasteiger partial charge in [0.1, 0.15) is 21.2 Å². The third kappa shape index (κ3) is 2.80. The Bertz CT molecular complexity index is 1090. The van der Waals surface area contributed by atoms with E-state index in [2.05, 4.69) is 9.97 Å². The van der Waals surface area contributed by atoms with Crippen LogP contribution in [0.5, 0.6) is 5.75 Å². The van der Waals surface area contributed by atoms with Crippen LogP contribution in [-0.4, -0.2) is 22.9 Å². The van der Waals surface area contributed by atoms with Gasteiger partial charge in [-0.2, -0.15) is 0 Å². The lowest BCUT2D eigenvalue weighted by atomic mass is 10.1. The Morgan fingerprint density at radius 3 is 2.58 bits per heavy atom. The van der Waals surface area contributed by atoms with E-state index in [1.54, 1.807) is 31.5 Å². The highest BCUT2D eigenvalue weighted by molar-refractivity contribution is 7.21. The summed E-state index contributed by atoms with van der Waals surface area (Å²) in [5, 5.41) is 0.784. The topological polar surface area (TPSA) is 78.1 Å². The van der Waals surface area contributed by atoms with Gasteiger partial charge in [-0.05, 0) is 48.5 Å². The minimum atomic E-state index is -0.183. The Balaban J connectivity index is 1.76. The molecule has 5 nitrogen and oxygen atoms in total. The van der Waals surface area contributed by atoms with Crippen LogP contribution in [0.25, 0.3) is 21.5 Å². The number of fused-ring (bicyclic) bond motifs is 1. The Morgan fingerprint density at radius 1 is 1.08 bits per heavy atom. The molecule has 6 heteroatoms. The summed E-state index contributed by atoms with van der Waals surface area (Å²) in [7, 11) is 1.63. The molecule has 0 atom stereocenters. The van der Waals surface area contributed by atoms with Crippen LogP contribution in [0.15, 0.2) is 60.8 Å². The molecule has 1 aromatic carbocycles. The first-order valence-electron chi connectivity index (χ1n) is 7.96. The minimum Gasteiger partial charge on any atom is -0.497 e. The zero-order chi connectivity index (χ0) is 18.1. The number of anilines is 1. The zero-order valence-electron chi connectivity index (χ0n) is 14.0. The minimum absolute atomic E-state index is 0.183. The van der Waals surface area contributed by atoms with Crippen molar-refractivity contribution in [2.45, 2.75) is 0 Å². The van der Waals surface area contributed by atoms with E-state index in [-0.39, 0.29) is 5.78 Å². The van der Waals surface area contributed by atoms with E-state index in [0.29, 0.717) is 16.3 Å². The highest BCUT2D eigenvalue weighted by Gasteiger charge is 2.19. The number of nitrogens with two attached hydrogens (primary N) is 1. The van der Waals surface area contributed by atoms with Crippen molar-refractivity contribution in [3.05, 3.63) is 71.4 Å². The fourth-order valence-electron chi connectivity index (χ4n) is 2.70. The zero-order valence-corrected chi connectivity index (χ0v) is 14.8. The maximum atomic E-state index is 12.7. The van der Waals surface area contributed by atoms with Gasteiger partial charge in [-0.15, -0.1) is 11.3 Å². The first-order chi connectivity index (χ1) is 12.7. The molecule has 0 bridgehead atoms. The lowest BCUT2D eigenvalue weighted by Crippen LogP contribution is -2.03. The van der Waals surface area contributed by atoms with Gasteiger partial charge in [0.15, 0.2) is 0 Å². The number of nitrogen functional groups attached to an aromatic ring is 1. The summed E-state index contributed by atoms with van der Waals surface area (Å²) in [5.41, 5.74) is 8.83. The van der Waals surface area contributed by atoms with Crippen LogP contribution >= 0.6 is 11.3 Å². The van der Waals surface area contributed by atoms with E-state index < -0.39 is 0 Å². The average molecular weight is 361 g/mol. The molecule has 0 radical (unpaired) electrons. The number of thiophene rings is 1. The number of nitrogens with zero attached hydrogens (tertiary/aromatic N) is 2. The highest BCUT2D eigenvalue weighted by Crippen LogP contribution is 2.35. The fourth-order valence-corrected chi connectivity index (χ4v) is 3.74. The van der Waals surface area contributed by atoms with Crippen molar-refractivity contribution in [3.8, 4) is 17.0 Å². The van der Waals surface area contributed by atoms with Crippen LogP contribution in [0.3, 0.4) is 0 Å². The molecule has 0 unspecified atom stereocenters. The van der Waals surface area contributed by atoms with Crippen LogP contribution in [0.4, 0.5) is 5.69 Å². The monoisotopic (exact) mass is 361 g/mol. The molecule has 0 amide bonds. The smallest absolute Gasteiger partial charge is 0.223 e. The van der Waals surface area contributed by atoms with Crippen molar-refractivity contribution in [3.63, 3.8) is 0 Å². The summed E-state index contributed by atoms with van der Waals surface area (Å²) in [6.07, 6.45) is 1.59. The van der Waals surface area contributed by atoms with Gasteiger partial charge >= 0.3 is 0 Å². The number of rotatable bonds is 4. The summed E-state index contributed by atoms with van der Waals surface area (Å²) in [5.74, 6) is 0.607. The molecule has 4 aromatic rings. The molecule has 0 aliphatic heterocycles. The van der Waals surface area contributed by atoms with Gasteiger partial charge in [0, 0.05) is 17.1 Å². The number of ether oxygens (including phenoxy) is 1. The van der Waals surface area contributed by atoms with Gasteiger partial charge in [-0.1, -0.05) is 6.07 Å². The fraction of sp³-hybridized carbons (Fsp3) is 0.0500. The molecular weight excluding hydrogens is 346 g/mol. The molecule has 2 N–H and O–H groups in total. The lowest BCUT2D eigenvalue weighted by Gasteiger charge is -2.03. The second-order valence-corrected chi connectivity index (χ2v) is 6.67. The number of aromatic nitrogens is 2. The average Bonchev–Trinajstić information content (AvgIpc) is 3.04. The number of carbonyl (C=O) groups is 1. The van der Waals surface area contributed by atoms with E-state index >= 15 is 0 Å². The molecule has 3 heterocycles. The maximum absolute atomic E-state index is 12.7. The molecule has 4 rings (SSSR count). The number of hydrogen-bond acceptors (Lipinski definition) is 6. The second kappa shape index (κ2) is 6.57.